The first-order chi connectivity index (χ1) is 12.2. The van der Waals surface area contributed by atoms with Gasteiger partial charge in [-0.2, -0.15) is 0 Å². The molecule has 0 bridgehead atoms. The zero-order valence-corrected chi connectivity index (χ0v) is 13.5. The maximum absolute atomic E-state index is 12.0. The molecule has 0 saturated heterocycles. The van der Waals surface area contributed by atoms with Crippen molar-refractivity contribution in [2.45, 2.75) is 19.3 Å². The molecule has 2 aromatic carbocycles. The number of aryl methyl sites for hydroxylation is 1. The van der Waals surface area contributed by atoms with Crippen molar-refractivity contribution in [1.82, 2.24) is 0 Å². The minimum Gasteiger partial charge on any atom is -0.423 e. The van der Waals surface area contributed by atoms with Crippen LogP contribution in [0, 0.1) is 0 Å². The molecule has 4 rings (SSSR count). The van der Waals surface area contributed by atoms with Crippen molar-refractivity contribution < 1.29 is 13.9 Å². The molecule has 0 saturated carbocycles. The Hall–Kier alpha value is -3.14. The van der Waals surface area contributed by atoms with Gasteiger partial charge >= 0.3 is 11.6 Å². The van der Waals surface area contributed by atoms with Crippen LogP contribution in [0.1, 0.15) is 23.1 Å². The number of benzene rings is 2. The number of carbonyl (C=O) groups is 1. The highest BCUT2D eigenvalue weighted by Gasteiger charge is 2.19. The first-order valence-corrected chi connectivity index (χ1v) is 8.24. The van der Waals surface area contributed by atoms with E-state index in [1.165, 1.54) is 6.08 Å². The van der Waals surface area contributed by atoms with Crippen LogP contribution in [0.5, 0.6) is 5.75 Å². The highest BCUT2D eigenvalue weighted by atomic mass is 16.5. The van der Waals surface area contributed by atoms with E-state index in [0.29, 0.717) is 11.3 Å². The van der Waals surface area contributed by atoms with Gasteiger partial charge in [-0.05, 0) is 48.6 Å². The van der Waals surface area contributed by atoms with Crippen LogP contribution in [0.4, 0.5) is 0 Å². The fraction of sp³-hybridized carbons (Fsp3) is 0.143. The summed E-state index contributed by atoms with van der Waals surface area (Å²) in [6.45, 7) is 0. The molecule has 0 amide bonds. The molecule has 0 atom stereocenters. The normalized spacial score (nSPS) is 13.3. The first-order valence-electron chi connectivity index (χ1n) is 8.24. The van der Waals surface area contributed by atoms with Gasteiger partial charge in [0.05, 0.1) is 0 Å². The maximum atomic E-state index is 12.0. The number of esters is 1. The number of hydrogen-bond acceptors (Lipinski definition) is 4. The van der Waals surface area contributed by atoms with Crippen LogP contribution in [-0.2, 0) is 17.6 Å². The van der Waals surface area contributed by atoms with E-state index in [9.17, 15) is 9.59 Å². The molecule has 1 aliphatic carbocycles. The third-order valence-corrected chi connectivity index (χ3v) is 4.37. The Morgan fingerprint density at radius 2 is 1.84 bits per heavy atom. The summed E-state index contributed by atoms with van der Waals surface area (Å²) in [4.78, 5) is 24.0. The molecule has 0 unspecified atom stereocenters. The van der Waals surface area contributed by atoms with Gasteiger partial charge in [0.25, 0.3) is 0 Å². The lowest BCUT2D eigenvalue weighted by atomic mass is 10.1. The van der Waals surface area contributed by atoms with E-state index in [-0.39, 0.29) is 5.63 Å². The number of rotatable bonds is 3. The summed E-state index contributed by atoms with van der Waals surface area (Å²) in [7, 11) is 0. The van der Waals surface area contributed by atoms with E-state index in [2.05, 4.69) is 0 Å². The van der Waals surface area contributed by atoms with Crippen LogP contribution in [0.2, 0.25) is 0 Å². The second kappa shape index (κ2) is 6.40. The maximum Gasteiger partial charge on any atom is 0.339 e. The summed E-state index contributed by atoms with van der Waals surface area (Å²) in [5, 5.41) is 0.923. The average Bonchev–Trinajstić information content (AvgIpc) is 3.11. The van der Waals surface area contributed by atoms with Crippen LogP contribution in [0.15, 0.2) is 63.8 Å². The molecule has 0 spiro atoms. The molecule has 1 heterocycles. The zero-order chi connectivity index (χ0) is 17.2. The summed E-state index contributed by atoms with van der Waals surface area (Å²) in [5.74, 6) is -0.122. The van der Waals surface area contributed by atoms with Crippen molar-refractivity contribution >= 4 is 23.0 Å². The number of hydrogen-bond donors (Lipinski definition) is 0. The van der Waals surface area contributed by atoms with Crippen molar-refractivity contribution in [3.8, 4) is 5.75 Å². The summed E-state index contributed by atoms with van der Waals surface area (Å²) in [5.41, 5.74) is 2.94. The minimum absolute atomic E-state index is 0.285. The van der Waals surface area contributed by atoms with Gasteiger partial charge in [-0.3, -0.25) is 0 Å². The molecule has 3 aromatic rings. The van der Waals surface area contributed by atoms with Crippen LogP contribution < -0.4 is 10.4 Å². The van der Waals surface area contributed by atoms with E-state index in [1.807, 2.05) is 36.4 Å². The zero-order valence-electron chi connectivity index (χ0n) is 13.5. The summed E-state index contributed by atoms with van der Waals surface area (Å²) in [6.07, 6.45) is 5.69. The molecule has 4 nitrogen and oxygen atoms in total. The highest BCUT2D eigenvalue weighted by Crippen LogP contribution is 2.29. The van der Waals surface area contributed by atoms with Gasteiger partial charge in [0.1, 0.15) is 11.3 Å². The summed E-state index contributed by atoms with van der Waals surface area (Å²) < 4.78 is 10.7. The largest absolute Gasteiger partial charge is 0.423 e. The van der Waals surface area contributed by atoms with E-state index in [1.54, 1.807) is 18.2 Å². The van der Waals surface area contributed by atoms with Crippen molar-refractivity contribution in [2.24, 2.45) is 0 Å². The average molecular weight is 332 g/mol. The minimum atomic E-state index is -0.480. The molecule has 25 heavy (non-hydrogen) atoms. The van der Waals surface area contributed by atoms with E-state index < -0.39 is 5.97 Å². The molecule has 0 radical (unpaired) electrons. The third kappa shape index (κ3) is 3.11. The molecule has 124 valence electrons. The SMILES string of the molecule is O=C(C=Cc1ccccc1)Oc1ccc2c3c(c(=O)oc2c1)CCC3. The smallest absolute Gasteiger partial charge is 0.339 e. The second-order valence-electron chi connectivity index (χ2n) is 6.02. The highest BCUT2D eigenvalue weighted by molar-refractivity contribution is 5.90. The lowest BCUT2D eigenvalue weighted by Gasteiger charge is -2.06. The third-order valence-electron chi connectivity index (χ3n) is 4.37. The Kier molecular flexibility index (Phi) is 3.94. The molecule has 0 aliphatic heterocycles. The number of ether oxygens (including phenoxy) is 1. The lowest BCUT2D eigenvalue weighted by molar-refractivity contribution is -0.128. The Morgan fingerprint density at radius 3 is 2.68 bits per heavy atom. The fourth-order valence-electron chi connectivity index (χ4n) is 3.21. The van der Waals surface area contributed by atoms with Crippen molar-refractivity contribution in [1.29, 1.82) is 0 Å². The second-order valence-corrected chi connectivity index (χ2v) is 6.02. The van der Waals surface area contributed by atoms with Crippen molar-refractivity contribution in [3.63, 3.8) is 0 Å². The molecule has 4 heteroatoms. The molecule has 1 aliphatic rings. The Morgan fingerprint density at radius 1 is 1.04 bits per heavy atom. The molecule has 0 N–H and O–H groups in total. The molecular weight excluding hydrogens is 316 g/mol. The first kappa shape index (κ1) is 15.4. The Balaban J connectivity index is 1.58. The lowest BCUT2D eigenvalue weighted by Crippen LogP contribution is -2.07. The number of fused-ring (bicyclic) bond motifs is 3. The van der Waals surface area contributed by atoms with E-state index >= 15 is 0 Å². The van der Waals surface area contributed by atoms with Crippen molar-refractivity contribution in [2.75, 3.05) is 0 Å². The monoisotopic (exact) mass is 332 g/mol. The van der Waals surface area contributed by atoms with Crippen LogP contribution in [0.25, 0.3) is 17.0 Å². The van der Waals surface area contributed by atoms with Gasteiger partial charge in [0.15, 0.2) is 0 Å². The van der Waals surface area contributed by atoms with Gasteiger partial charge in [-0.1, -0.05) is 30.3 Å². The van der Waals surface area contributed by atoms with Crippen LogP contribution in [0.3, 0.4) is 0 Å². The fourth-order valence-corrected chi connectivity index (χ4v) is 3.21. The van der Waals surface area contributed by atoms with Gasteiger partial charge in [0.2, 0.25) is 0 Å². The van der Waals surface area contributed by atoms with Crippen LogP contribution in [-0.4, -0.2) is 5.97 Å². The molecular formula is C21H16O4. The standard InChI is InChI=1S/C21H16O4/c22-20(12-9-14-5-2-1-3-6-14)24-15-10-11-17-16-7-4-8-18(16)21(23)25-19(17)13-15/h1-3,5-6,9-13H,4,7-8H2. The molecule has 1 aromatic heterocycles. The molecule has 0 fully saturated rings. The van der Waals surface area contributed by atoms with E-state index in [0.717, 1.165) is 41.3 Å². The van der Waals surface area contributed by atoms with Gasteiger partial charge in [0, 0.05) is 23.1 Å². The van der Waals surface area contributed by atoms with Crippen molar-refractivity contribution in [3.05, 3.63) is 81.7 Å². The van der Waals surface area contributed by atoms with Gasteiger partial charge < -0.3 is 9.15 Å². The number of carbonyl (C=O) groups excluding carboxylic acids is 1. The van der Waals surface area contributed by atoms with Gasteiger partial charge in [-0.15, -0.1) is 0 Å². The van der Waals surface area contributed by atoms with E-state index in [4.69, 9.17) is 9.15 Å². The Labute approximate surface area is 144 Å². The predicted octanol–water partition coefficient (Wildman–Crippen LogP) is 3.90. The predicted molar refractivity (Wildman–Crippen MR) is 95.6 cm³/mol. The quantitative estimate of drug-likeness (QED) is 0.316. The summed E-state index contributed by atoms with van der Waals surface area (Å²) in [6, 6.07) is 14.7. The topological polar surface area (TPSA) is 56.5 Å². The Bertz CT molecular complexity index is 1030. The van der Waals surface area contributed by atoms with Crippen LogP contribution >= 0.6 is 0 Å². The van der Waals surface area contributed by atoms with Gasteiger partial charge in [-0.25, -0.2) is 9.59 Å². The summed E-state index contributed by atoms with van der Waals surface area (Å²) >= 11 is 0.